The second kappa shape index (κ2) is 5.57. The number of fused-ring (bicyclic) bond motifs is 2. The van der Waals surface area contributed by atoms with Gasteiger partial charge in [0.2, 0.25) is 5.95 Å². The van der Waals surface area contributed by atoms with Crippen LogP contribution in [0.25, 0.3) is 33.4 Å². The molecule has 3 heterocycles. The molecule has 1 aromatic carbocycles. The highest BCUT2D eigenvalue weighted by Crippen LogP contribution is 2.34. The third-order valence-corrected chi connectivity index (χ3v) is 4.65. The Labute approximate surface area is 154 Å². The number of oxazole rings is 1. The van der Waals surface area contributed by atoms with Crippen molar-refractivity contribution in [2.75, 3.05) is 16.8 Å². The summed E-state index contributed by atoms with van der Waals surface area (Å²) in [5.74, 6) is 0.451. The average Bonchev–Trinajstić information content (AvgIpc) is 3.19. The summed E-state index contributed by atoms with van der Waals surface area (Å²) in [7, 11) is 0. The molecule has 4 aromatic rings. The van der Waals surface area contributed by atoms with E-state index < -0.39 is 0 Å². The van der Waals surface area contributed by atoms with Gasteiger partial charge in [-0.05, 0) is 44.9 Å². The van der Waals surface area contributed by atoms with E-state index in [4.69, 9.17) is 21.0 Å². The monoisotopic (exact) mass is 364 g/mol. The number of rotatable bonds is 4. The van der Waals surface area contributed by atoms with Crippen LogP contribution in [0.3, 0.4) is 0 Å². The van der Waals surface area contributed by atoms with Crippen molar-refractivity contribution in [2.24, 2.45) is 0 Å². The van der Waals surface area contributed by atoms with Gasteiger partial charge in [-0.1, -0.05) is 0 Å². The number of nitrogens with one attached hydrogen (secondary N) is 1. The van der Waals surface area contributed by atoms with Crippen LogP contribution in [0, 0.1) is 0 Å². The number of anilines is 3. The molecule has 3 aromatic heterocycles. The second-order valence-corrected chi connectivity index (χ2v) is 7.17. The van der Waals surface area contributed by atoms with E-state index in [0.29, 0.717) is 34.6 Å². The zero-order valence-corrected chi connectivity index (χ0v) is 15.1. The molecule has 0 saturated heterocycles. The third kappa shape index (κ3) is 2.62. The van der Waals surface area contributed by atoms with Gasteiger partial charge in [0.15, 0.2) is 11.2 Å². The maximum absolute atomic E-state index is 6.16. The Balaban J connectivity index is 1.68. The molecule has 9 heteroatoms. The summed E-state index contributed by atoms with van der Waals surface area (Å²) in [5.41, 5.74) is 15.6. The number of hydrogen-bond donors (Lipinski definition) is 3. The Morgan fingerprint density at radius 1 is 1.19 bits per heavy atom. The molecular formula is C18H20N8O. The first-order valence-electron chi connectivity index (χ1n) is 8.98. The third-order valence-electron chi connectivity index (χ3n) is 4.65. The zero-order chi connectivity index (χ0) is 18.7. The van der Waals surface area contributed by atoms with Gasteiger partial charge in [0.1, 0.15) is 17.0 Å². The lowest BCUT2D eigenvalue weighted by molar-refractivity contribution is 0.548. The molecule has 0 radical (unpaired) electrons. The van der Waals surface area contributed by atoms with Crippen molar-refractivity contribution in [3.63, 3.8) is 0 Å². The van der Waals surface area contributed by atoms with E-state index in [-0.39, 0.29) is 12.0 Å². The second-order valence-electron chi connectivity index (χ2n) is 7.17. The molecule has 1 fully saturated rings. The van der Waals surface area contributed by atoms with Crippen LogP contribution in [0.15, 0.2) is 22.6 Å². The molecule has 5 rings (SSSR count). The molecule has 9 nitrogen and oxygen atoms in total. The van der Waals surface area contributed by atoms with Crippen LogP contribution in [0.2, 0.25) is 0 Å². The summed E-state index contributed by atoms with van der Waals surface area (Å²) < 4.78 is 7.58. The highest BCUT2D eigenvalue weighted by molar-refractivity contribution is 6.00. The number of nitrogen functional groups attached to an aromatic ring is 2. The van der Waals surface area contributed by atoms with Crippen molar-refractivity contribution in [1.82, 2.24) is 24.7 Å². The molecule has 1 aliphatic rings. The van der Waals surface area contributed by atoms with Crippen molar-refractivity contribution >= 4 is 39.9 Å². The molecule has 0 bridgehead atoms. The summed E-state index contributed by atoms with van der Waals surface area (Å²) in [5, 5.41) is 8.71. The Morgan fingerprint density at radius 2 is 2.00 bits per heavy atom. The predicted molar refractivity (Wildman–Crippen MR) is 104 cm³/mol. The van der Waals surface area contributed by atoms with Gasteiger partial charge >= 0.3 is 0 Å². The molecule has 1 aliphatic carbocycles. The maximum atomic E-state index is 6.16. The lowest BCUT2D eigenvalue weighted by Crippen LogP contribution is -2.06. The molecule has 0 aliphatic heterocycles. The highest BCUT2D eigenvalue weighted by atomic mass is 16.4. The first-order valence-corrected chi connectivity index (χ1v) is 8.98. The minimum absolute atomic E-state index is 0.0973. The fourth-order valence-corrected chi connectivity index (χ4v) is 3.18. The van der Waals surface area contributed by atoms with E-state index in [9.17, 15) is 0 Å². The van der Waals surface area contributed by atoms with Crippen LogP contribution >= 0.6 is 0 Å². The molecule has 1 saturated carbocycles. The van der Waals surface area contributed by atoms with Crippen LogP contribution in [0.5, 0.6) is 0 Å². The van der Waals surface area contributed by atoms with E-state index in [1.807, 2.05) is 36.7 Å². The number of benzene rings is 1. The molecule has 138 valence electrons. The topological polar surface area (TPSA) is 134 Å². The van der Waals surface area contributed by atoms with E-state index in [1.54, 1.807) is 0 Å². The van der Waals surface area contributed by atoms with E-state index >= 15 is 0 Å². The number of nitrogens with zero attached hydrogens (tertiary/aromatic N) is 5. The van der Waals surface area contributed by atoms with Crippen LogP contribution < -0.4 is 16.8 Å². The van der Waals surface area contributed by atoms with Crippen LogP contribution in [0.1, 0.15) is 32.7 Å². The zero-order valence-electron chi connectivity index (χ0n) is 15.1. The molecule has 0 unspecified atom stereocenters. The van der Waals surface area contributed by atoms with Gasteiger partial charge in [0, 0.05) is 17.6 Å². The van der Waals surface area contributed by atoms with Gasteiger partial charge in [-0.2, -0.15) is 20.1 Å². The summed E-state index contributed by atoms with van der Waals surface area (Å²) in [6.07, 6.45) is 2.32. The van der Waals surface area contributed by atoms with Gasteiger partial charge in [-0.15, -0.1) is 0 Å². The van der Waals surface area contributed by atoms with Crippen molar-refractivity contribution in [1.29, 1.82) is 0 Å². The average molecular weight is 364 g/mol. The molecular weight excluding hydrogens is 344 g/mol. The molecule has 0 atom stereocenters. The smallest absolute Gasteiger partial charge is 0.295 e. The highest BCUT2D eigenvalue weighted by Gasteiger charge is 2.24. The van der Waals surface area contributed by atoms with Crippen molar-refractivity contribution in [2.45, 2.75) is 38.8 Å². The van der Waals surface area contributed by atoms with E-state index in [2.05, 4.69) is 20.3 Å². The molecule has 0 amide bonds. The first-order chi connectivity index (χ1) is 13.0. The van der Waals surface area contributed by atoms with Crippen LogP contribution in [-0.2, 0) is 0 Å². The fraction of sp³-hybridized carbons (Fsp3) is 0.333. The molecule has 27 heavy (non-hydrogen) atoms. The largest absolute Gasteiger partial charge is 0.424 e. The van der Waals surface area contributed by atoms with Crippen molar-refractivity contribution < 1.29 is 4.42 Å². The lowest BCUT2D eigenvalue weighted by atomic mass is 10.1. The van der Waals surface area contributed by atoms with Crippen LogP contribution in [0.4, 0.5) is 17.8 Å². The van der Waals surface area contributed by atoms with Gasteiger partial charge in [0.25, 0.3) is 6.01 Å². The van der Waals surface area contributed by atoms with Crippen LogP contribution in [-0.4, -0.2) is 30.8 Å². The number of hydrogen-bond acceptors (Lipinski definition) is 8. The van der Waals surface area contributed by atoms with Crippen molar-refractivity contribution in [3.05, 3.63) is 18.2 Å². The maximum Gasteiger partial charge on any atom is 0.295 e. The van der Waals surface area contributed by atoms with Gasteiger partial charge in [-0.25, -0.2) is 4.68 Å². The Kier molecular flexibility index (Phi) is 3.27. The summed E-state index contributed by atoms with van der Waals surface area (Å²) >= 11 is 0. The fourth-order valence-electron chi connectivity index (χ4n) is 3.18. The predicted octanol–water partition coefficient (Wildman–Crippen LogP) is 2.95. The van der Waals surface area contributed by atoms with E-state index in [0.717, 1.165) is 29.5 Å². The van der Waals surface area contributed by atoms with Crippen molar-refractivity contribution in [3.8, 4) is 11.3 Å². The minimum atomic E-state index is 0.0973. The summed E-state index contributed by atoms with van der Waals surface area (Å²) in [6.45, 7) is 4.06. The summed E-state index contributed by atoms with van der Waals surface area (Å²) in [6, 6.07) is 6.91. The van der Waals surface area contributed by atoms with Gasteiger partial charge in [0.05, 0.1) is 5.39 Å². The number of nitrogens with two attached hydrogens (primary N) is 2. The van der Waals surface area contributed by atoms with E-state index in [1.165, 1.54) is 0 Å². The standard InChI is InChI=1S/C18H20N8O/c1-8(2)26-16-13(15(19)23-17(20)24-16)14(25-26)9-3-6-12-11(7-9)22-18(27-12)21-10-4-5-10/h3,6-8,10H,4-5H2,1-2H3,(H,21,22)(H4,19,20,23,24). The normalized spacial score (nSPS) is 14.5. The summed E-state index contributed by atoms with van der Waals surface area (Å²) in [4.78, 5) is 13.0. The number of aromatic nitrogens is 5. The first kappa shape index (κ1) is 15.9. The Hall–Kier alpha value is -3.36. The van der Waals surface area contributed by atoms with Gasteiger partial charge < -0.3 is 21.2 Å². The lowest BCUT2D eigenvalue weighted by Gasteiger charge is -2.06. The Morgan fingerprint density at radius 3 is 2.74 bits per heavy atom. The SMILES string of the molecule is CC(C)n1nc(-c2ccc3oc(NC4CC4)nc3c2)c2c(N)nc(N)nc21. The Bertz CT molecular complexity index is 1170. The molecule has 0 spiro atoms. The quantitative estimate of drug-likeness (QED) is 0.503. The molecule has 5 N–H and O–H groups in total. The minimum Gasteiger partial charge on any atom is -0.424 e. The van der Waals surface area contributed by atoms with Gasteiger partial charge in [-0.3, -0.25) is 0 Å².